The van der Waals surface area contributed by atoms with Crippen LogP contribution in [0, 0.1) is 5.41 Å². The van der Waals surface area contributed by atoms with E-state index >= 15 is 0 Å². The van der Waals surface area contributed by atoms with Crippen LogP contribution in [0.3, 0.4) is 0 Å². The average molecular weight is 531 g/mol. The highest BCUT2D eigenvalue weighted by atomic mass is 28.3. The van der Waals surface area contributed by atoms with E-state index in [4.69, 9.17) is 5.73 Å². The molecule has 0 aliphatic rings. The van der Waals surface area contributed by atoms with Crippen molar-refractivity contribution < 1.29 is 57.8 Å². The smallest absolute Gasteiger partial charge is 0.374 e. The van der Waals surface area contributed by atoms with Crippen LogP contribution in [-0.4, -0.2) is 49.7 Å². The molecule has 0 aliphatic heterocycles. The normalized spacial score (nSPS) is 16.3. The zero-order valence-corrected chi connectivity index (χ0v) is 19.4. The maximum Gasteiger partial charge on any atom is 0.426 e. The van der Waals surface area contributed by atoms with Gasteiger partial charge < -0.3 is 10.8 Å². The van der Waals surface area contributed by atoms with Gasteiger partial charge in [0.25, 0.3) is 5.60 Å². The number of rotatable bonds is 11. The fourth-order valence-electron chi connectivity index (χ4n) is 3.33. The lowest BCUT2D eigenvalue weighted by molar-refractivity contribution is -0.368. The van der Waals surface area contributed by atoms with E-state index < -0.39 is 75.4 Å². The van der Waals surface area contributed by atoms with Gasteiger partial charge in [0.05, 0.1) is 0 Å². The average Bonchev–Trinajstić information content (AvgIpc) is 2.53. The van der Waals surface area contributed by atoms with Gasteiger partial charge >= 0.3 is 24.7 Å². The van der Waals surface area contributed by atoms with E-state index in [0.717, 1.165) is 0 Å². The molecule has 0 radical (unpaired) electrons. The van der Waals surface area contributed by atoms with E-state index in [-0.39, 0.29) is 25.4 Å². The van der Waals surface area contributed by atoms with Crippen molar-refractivity contribution in [2.24, 2.45) is 11.1 Å². The number of alkyl halides is 12. The third-order valence-corrected chi connectivity index (χ3v) is 9.38. The molecule has 0 saturated carbocycles. The maximum absolute atomic E-state index is 13.0. The van der Waals surface area contributed by atoms with Gasteiger partial charge in [-0.05, 0) is 40.0 Å². The largest absolute Gasteiger partial charge is 0.426 e. The molecule has 200 valence electrons. The van der Waals surface area contributed by atoms with Crippen LogP contribution in [-0.2, 0) is 0 Å². The number of aliphatic hydroxyl groups is 1. The minimum absolute atomic E-state index is 0.0352. The summed E-state index contributed by atoms with van der Waals surface area (Å²) < 4.78 is 156. The molecule has 0 aromatic heterocycles. The molecule has 33 heavy (non-hydrogen) atoms. The molecular formula is C18H29F12NOSi. The molecule has 0 aromatic carbocycles. The van der Waals surface area contributed by atoms with Crippen molar-refractivity contribution in [1.29, 1.82) is 0 Å². The van der Waals surface area contributed by atoms with Crippen LogP contribution >= 0.6 is 0 Å². The molecule has 2 nitrogen and oxygen atoms in total. The molecule has 0 fully saturated rings. The molecule has 1 atom stereocenters. The number of hydrogen-bond donors (Lipinski definition) is 2. The van der Waals surface area contributed by atoms with Crippen molar-refractivity contribution in [3.8, 4) is 0 Å². The molecular weight excluding hydrogens is 502 g/mol. The van der Waals surface area contributed by atoms with Crippen LogP contribution in [0.5, 0.6) is 0 Å². The number of hydrogen-bond acceptors (Lipinski definition) is 2. The fraction of sp³-hybridized carbons (Fsp3) is 1.00. The summed E-state index contributed by atoms with van der Waals surface area (Å²) in [5.74, 6) is 0. The Kier molecular flexibility index (Phi) is 10.3. The Morgan fingerprint density at radius 2 is 0.939 bits per heavy atom. The van der Waals surface area contributed by atoms with Gasteiger partial charge in [0, 0.05) is 14.3 Å². The lowest BCUT2D eigenvalue weighted by Crippen LogP contribution is -2.57. The fourth-order valence-corrected chi connectivity index (χ4v) is 6.58. The van der Waals surface area contributed by atoms with Gasteiger partial charge in [-0.2, -0.15) is 52.7 Å². The predicted molar refractivity (Wildman–Crippen MR) is 100 cm³/mol. The summed E-state index contributed by atoms with van der Waals surface area (Å²) in [6, 6.07) is -1.06. The summed E-state index contributed by atoms with van der Waals surface area (Å²) in [7, 11) is -2.71. The molecule has 0 aromatic rings. The van der Waals surface area contributed by atoms with E-state index in [2.05, 4.69) is 0 Å². The van der Waals surface area contributed by atoms with Crippen molar-refractivity contribution >= 4 is 8.80 Å². The summed E-state index contributed by atoms with van der Waals surface area (Å²) in [6.45, 7) is 3.17. The van der Waals surface area contributed by atoms with Gasteiger partial charge in [0.15, 0.2) is 5.41 Å². The second-order valence-corrected chi connectivity index (χ2v) is 12.8. The monoisotopic (exact) mass is 531 g/mol. The van der Waals surface area contributed by atoms with Gasteiger partial charge in [-0.15, -0.1) is 0 Å². The SMILES string of the molecule is CC(C)(N)CCC[SiH](CCCC(C)(C(F)(F)F)C(F)(F)F)CCC(O)(C(F)(F)F)C(F)(F)F. The second-order valence-electron chi connectivity index (χ2n) is 9.36. The lowest BCUT2D eigenvalue weighted by Gasteiger charge is -2.35. The highest BCUT2D eigenvalue weighted by Crippen LogP contribution is 2.53. The van der Waals surface area contributed by atoms with Crippen LogP contribution < -0.4 is 5.73 Å². The Hall–Kier alpha value is -0.703. The third-order valence-electron chi connectivity index (χ3n) is 5.83. The van der Waals surface area contributed by atoms with Crippen molar-refractivity contribution in [2.45, 2.75) is 107 Å². The molecule has 0 amide bonds. The molecule has 0 spiro atoms. The molecule has 3 N–H and O–H groups in total. The highest BCUT2D eigenvalue weighted by molar-refractivity contribution is 6.58. The van der Waals surface area contributed by atoms with Crippen LogP contribution in [0.15, 0.2) is 0 Å². The minimum Gasteiger partial charge on any atom is -0.374 e. The van der Waals surface area contributed by atoms with Crippen molar-refractivity contribution in [3.05, 3.63) is 0 Å². The van der Waals surface area contributed by atoms with Gasteiger partial charge in [0.1, 0.15) is 0 Å². The Bertz CT molecular complexity index is 576. The Labute approximate surface area is 185 Å². The summed E-state index contributed by atoms with van der Waals surface area (Å²) >= 11 is 0. The lowest BCUT2D eigenvalue weighted by atomic mass is 9.84. The van der Waals surface area contributed by atoms with Crippen molar-refractivity contribution in [1.82, 2.24) is 0 Å². The maximum atomic E-state index is 13.0. The van der Waals surface area contributed by atoms with E-state index in [9.17, 15) is 57.8 Å². The van der Waals surface area contributed by atoms with Crippen LogP contribution in [0.1, 0.15) is 52.9 Å². The van der Waals surface area contributed by atoms with Crippen LogP contribution in [0.2, 0.25) is 18.1 Å². The van der Waals surface area contributed by atoms with Gasteiger partial charge in [-0.25, -0.2) is 0 Å². The van der Waals surface area contributed by atoms with E-state index in [1.807, 2.05) is 0 Å². The predicted octanol–water partition coefficient (Wildman–Crippen LogP) is 6.89. The summed E-state index contributed by atoms with van der Waals surface area (Å²) in [6.07, 6.45) is -26.7. The van der Waals surface area contributed by atoms with Gasteiger partial charge in [0.2, 0.25) is 0 Å². The molecule has 1 unspecified atom stereocenters. The minimum atomic E-state index is -6.05. The zero-order chi connectivity index (χ0) is 26.7. The first-order valence-corrected chi connectivity index (χ1v) is 12.5. The zero-order valence-electron chi connectivity index (χ0n) is 18.3. The first kappa shape index (κ1) is 32.3. The quantitative estimate of drug-likeness (QED) is 0.225. The second kappa shape index (κ2) is 10.5. The Balaban J connectivity index is 5.52. The molecule has 0 heterocycles. The standard InChI is InChI=1S/C18H29F12NOSi/c1-12(2,31)6-4-9-33(11-8-14(32,17(25,26)27)18(28,29)30)10-5-7-13(3,15(19,20)21)16(22,23)24/h32-33H,4-11,31H2,1-3H3. The topological polar surface area (TPSA) is 46.2 Å². The Morgan fingerprint density at radius 1 is 0.576 bits per heavy atom. The number of halogens is 12. The van der Waals surface area contributed by atoms with E-state index in [0.29, 0.717) is 6.42 Å². The van der Waals surface area contributed by atoms with Crippen molar-refractivity contribution in [2.75, 3.05) is 0 Å². The number of nitrogens with two attached hydrogens (primary N) is 1. The highest BCUT2D eigenvalue weighted by Gasteiger charge is 2.70. The summed E-state index contributed by atoms with van der Waals surface area (Å²) in [5, 5.41) is 9.31. The molecule has 0 saturated heterocycles. The van der Waals surface area contributed by atoms with Gasteiger partial charge in [-0.3, -0.25) is 0 Å². The molecule has 0 rings (SSSR count). The molecule has 15 heteroatoms. The van der Waals surface area contributed by atoms with E-state index in [1.54, 1.807) is 13.8 Å². The first-order chi connectivity index (χ1) is 14.3. The van der Waals surface area contributed by atoms with E-state index in [1.165, 1.54) is 0 Å². The third kappa shape index (κ3) is 8.79. The van der Waals surface area contributed by atoms with Crippen LogP contribution in [0.4, 0.5) is 52.7 Å². The Morgan fingerprint density at radius 3 is 1.24 bits per heavy atom. The van der Waals surface area contributed by atoms with Crippen LogP contribution in [0.25, 0.3) is 0 Å². The van der Waals surface area contributed by atoms with Crippen molar-refractivity contribution in [3.63, 3.8) is 0 Å². The molecule has 0 bridgehead atoms. The first-order valence-electron chi connectivity index (χ1n) is 10.1. The molecule has 0 aliphatic carbocycles. The summed E-state index contributed by atoms with van der Waals surface area (Å²) in [5.41, 5.74) is -4.04. The van der Waals surface area contributed by atoms with Gasteiger partial charge in [-0.1, -0.05) is 31.0 Å². The summed E-state index contributed by atoms with van der Waals surface area (Å²) in [4.78, 5) is 0.